The maximum atomic E-state index is 16.2. The summed E-state index contributed by atoms with van der Waals surface area (Å²) in [4.78, 5) is 0. The first-order valence-corrected chi connectivity index (χ1v) is 14.4. The van der Waals surface area contributed by atoms with Gasteiger partial charge in [-0.05, 0) is 65.6 Å². The van der Waals surface area contributed by atoms with Gasteiger partial charge in [-0.3, -0.25) is 0 Å². The number of furan rings is 1. The first kappa shape index (κ1) is 24.8. The van der Waals surface area contributed by atoms with Crippen molar-refractivity contribution in [2.75, 3.05) is 0 Å². The van der Waals surface area contributed by atoms with Gasteiger partial charge in [0.2, 0.25) is 5.69 Å². The van der Waals surface area contributed by atoms with Crippen molar-refractivity contribution in [2.45, 2.75) is 44.9 Å². The van der Waals surface area contributed by atoms with Crippen LogP contribution in [0.15, 0.2) is 102 Å². The molecule has 1 aliphatic carbocycles. The first-order valence-electron chi connectivity index (χ1n) is 14.4. The molecule has 4 aromatic carbocycles. The van der Waals surface area contributed by atoms with E-state index in [4.69, 9.17) is 4.42 Å². The Bertz CT molecular complexity index is 1840. The van der Waals surface area contributed by atoms with Crippen LogP contribution in [0, 0.1) is 12.7 Å². The molecular formula is C37H33FNO+. The van der Waals surface area contributed by atoms with E-state index in [1.54, 1.807) is 6.07 Å². The van der Waals surface area contributed by atoms with Crippen LogP contribution < -0.4 is 4.57 Å². The summed E-state index contributed by atoms with van der Waals surface area (Å²) in [7, 11) is 2.05. The third-order valence-corrected chi connectivity index (χ3v) is 8.74. The molecule has 0 N–H and O–H groups in total. The molecule has 0 aliphatic heterocycles. The zero-order valence-corrected chi connectivity index (χ0v) is 23.1. The molecule has 7 rings (SSSR count). The van der Waals surface area contributed by atoms with Crippen molar-refractivity contribution in [1.29, 1.82) is 0 Å². The number of aromatic nitrogens is 1. The Labute approximate surface area is 234 Å². The second-order valence-electron chi connectivity index (χ2n) is 11.2. The van der Waals surface area contributed by atoms with Crippen LogP contribution in [-0.2, 0) is 7.05 Å². The van der Waals surface area contributed by atoms with Gasteiger partial charge in [-0.1, -0.05) is 86.0 Å². The van der Waals surface area contributed by atoms with E-state index in [9.17, 15) is 0 Å². The van der Waals surface area contributed by atoms with Gasteiger partial charge in [0.15, 0.2) is 6.20 Å². The second kappa shape index (κ2) is 10.1. The number of hydrogen-bond donors (Lipinski definition) is 0. The van der Waals surface area contributed by atoms with Gasteiger partial charge in [0.1, 0.15) is 24.0 Å². The highest BCUT2D eigenvalue weighted by molar-refractivity contribution is 6.18. The third-order valence-electron chi connectivity index (χ3n) is 8.74. The SMILES string of the molecule is Cc1ccc2c(oc3c(-c4ccc(C5CCCCC5)cc4)c(F)cc(-c4ccccc4)c32)c1-c1cccc[n+]1C. The Kier molecular flexibility index (Phi) is 6.23. The molecule has 1 saturated carbocycles. The van der Waals surface area contributed by atoms with E-state index in [0.29, 0.717) is 17.1 Å². The van der Waals surface area contributed by atoms with E-state index in [0.717, 1.165) is 49.9 Å². The van der Waals surface area contributed by atoms with Crippen LogP contribution in [0.4, 0.5) is 4.39 Å². The summed E-state index contributed by atoms with van der Waals surface area (Å²) >= 11 is 0. The molecule has 0 bridgehead atoms. The van der Waals surface area contributed by atoms with Gasteiger partial charge >= 0.3 is 0 Å². The predicted molar refractivity (Wildman–Crippen MR) is 162 cm³/mol. The number of aryl methyl sites for hydroxylation is 2. The topological polar surface area (TPSA) is 17.0 Å². The minimum absolute atomic E-state index is 0.264. The van der Waals surface area contributed by atoms with Crippen LogP contribution in [-0.4, -0.2) is 0 Å². The average Bonchev–Trinajstić information content (AvgIpc) is 3.37. The molecule has 6 aromatic rings. The van der Waals surface area contributed by atoms with Crippen molar-refractivity contribution in [3.63, 3.8) is 0 Å². The Morgan fingerprint density at radius 3 is 2.25 bits per heavy atom. The van der Waals surface area contributed by atoms with Gasteiger partial charge in [-0.15, -0.1) is 0 Å². The summed E-state index contributed by atoms with van der Waals surface area (Å²) in [5, 5.41) is 1.95. The number of pyridine rings is 1. The predicted octanol–water partition coefficient (Wildman–Crippen LogP) is 9.91. The second-order valence-corrected chi connectivity index (χ2v) is 11.2. The molecule has 2 aromatic heterocycles. The summed E-state index contributed by atoms with van der Waals surface area (Å²) in [6, 6.07) is 30.8. The van der Waals surface area contributed by atoms with Crippen molar-refractivity contribution in [3.8, 4) is 33.5 Å². The Morgan fingerprint density at radius 1 is 0.750 bits per heavy atom. The van der Waals surface area contributed by atoms with Crippen LogP contribution in [0.3, 0.4) is 0 Å². The highest BCUT2D eigenvalue weighted by atomic mass is 19.1. The maximum Gasteiger partial charge on any atom is 0.216 e. The minimum Gasteiger partial charge on any atom is -0.454 e. The summed E-state index contributed by atoms with van der Waals surface area (Å²) in [6.07, 6.45) is 8.45. The van der Waals surface area contributed by atoms with Crippen LogP contribution in [0.1, 0.15) is 49.1 Å². The number of hydrogen-bond acceptors (Lipinski definition) is 1. The van der Waals surface area contributed by atoms with Crippen molar-refractivity contribution < 1.29 is 13.4 Å². The largest absolute Gasteiger partial charge is 0.454 e. The Balaban J connectivity index is 1.51. The quantitative estimate of drug-likeness (QED) is 0.209. The van der Waals surface area contributed by atoms with Gasteiger partial charge in [0.25, 0.3) is 0 Å². The first-order chi connectivity index (χ1) is 19.6. The number of fused-ring (bicyclic) bond motifs is 3. The molecule has 40 heavy (non-hydrogen) atoms. The van der Waals surface area contributed by atoms with Crippen LogP contribution in [0.25, 0.3) is 55.4 Å². The van der Waals surface area contributed by atoms with Crippen LogP contribution in [0.5, 0.6) is 0 Å². The summed E-state index contributed by atoms with van der Waals surface area (Å²) < 4.78 is 25.1. The lowest BCUT2D eigenvalue weighted by Gasteiger charge is -2.22. The van der Waals surface area contributed by atoms with E-state index in [2.05, 4.69) is 54.0 Å². The molecule has 0 spiro atoms. The van der Waals surface area contributed by atoms with Crippen LogP contribution >= 0.6 is 0 Å². The molecule has 2 heterocycles. The molecule has 1 aliphatic rings. The average molecular weight is 527 g/mol. The summed E-state index contributed by atoms with van der Waals surface area (Å²) in [5.41, 5.74) is 9.17. The highest BCUT2D eigenvalue weighted by Crippen LogP contribution is 2.46. The van der Waals surface area contributed by atoms with Gasteiger partial charge < -0.3 is 4.42 Å². The monoisotopic (exact) mass is 526 g/mol. The van der Waals surface area contributed by atoms with E-state index in [1.165, 1.54) is 37.7 Å². The third kappa shape index (κ3) is 4.12. The van der Waals surface area contributed by atoms with Gasteiger partial charge in [-0.25, -0.2) is 8.96 Å². The number of nitrogens with zero attached hydrogens (tertiary/aromatic N) is 1. The fourth-order valence-corrected chi connectivity index (χ4v) is 6.66. The number of benzene rings is 4. The molecule has 0 amide bonds. The Hall–Kier alpha value is -4.24. The number of rotatable bonds is 4. The zero-order chi connectivity index (χ0) is 27.2. The molecule has 1 fully saturated rings. The minimum atomic E-state index is -0.264. The number of halogens is 1. The molecule has 198 valence electrons. The molecule has 0 atom stereocenters. The maximum absolute atomic E-state index is 16.2. The molecule has 0 saturated heterocycles. The van der Waals surface area contributed by atoms with Crippen molar-refractivity contribution >= 4 is 21.9 Å². The van der Waals surface area contributed by atoms with E-state index in [-0.39, 0.29) is 5.82 Å². The van der Waals surface area contributed by atoms with E-state index < -0.39 is 0 Å². The van der Waals surface area contributed by atoms with Crippen LogP contribution in [0.2, 0.25) is 0 Å². The lowest BCUT2D eigenvalue weighted by Crippen LogP contribution is -2.30. The lowest BCUT2D eigenvalue weighted by molar-refractivity contribution is -0.660. The normalized spacial score (nSPS) is 14.3. The molecule has 0 radical (unpaired) electrons. The highest BCUT2D eigenvalue weighted by Gasteiger charge is 2.26. The molecular weight excluding hydrogens is 493 g/mol. The fourth-order valence-electron chi connectivity index (χ4n) is 6.66. The smallest absolute Gasteiger partial charge is 0.216 e. The molecule has 2 nitrogen and oxygen atoms in total. The van der Waals surface area contributed by atoms with Crippen molar-refractivity contribution in [1.82, 2.24) is 0 Å². The van der Waals surface area contributed by atoms with Crippen molar-refractivity contribution in [3.05, 3.63) is 114 Å². The molecule has 0 unspecified atom stereocenters. The Morgan fingerprint density at radius 2 is 1.50 bits per heavy atom. The lowest BCUT2D eigenvalue weighted by atomic mass is 9.83. The van der Waals surface area contributed by atoms with E-state index >= 15 is 4.39 Å². The van der Waals surface area contributed by atoms with Crippen molar-refractivity contribution in [2.24, 2.45) is 7.05 Å². The molecule has 3 heteroatoms. The van der Waals surface area contributed by atoms with Gasteiger partial charge in [-0.2, -0.15) is 0 Å². The van der Waals surface area contributed by atoms with Gasteiger partial charge in [0.05, 0.1) is 11.1 Å². The summed E-state index contributed by atoms with van der Waals surface area (Å²) in [5.74, 6) is 0.343. The van der Waals surface area contributed by atoms with Gasteiger partial charge in [0, 0.05) is 22.9 Å². The fraction of sp³-hybridized carbons (Fsp3) is 0.216. The zero-order valence-electron chi connectivity index (χ0n) is 23.1. The standard InChI is InChI=1S/C37H33FNO/c1-24-16-21-29-35-30(27-13-7-4-8-14-27)23-31(38)34(28-19-17-26(18-20-28)25-11-5-3-6-12-25)37(35)40-36(29)33(24)32-15-9-10-22-39(32)2/h4,7-10,13-23,25H,3,5-6,11-12H2,1-2H3/q+1. The summed E-state index contributed by atoms with van der Waals surface area (Å²) in [6.45, 7) is 2.11. The van der Waals surface area contributed by atoms with E-state index in [1.807, 2.05) is 55.7 Å².